The number of carbonyl (C=O) groups excluding carboxylic acids is 1. The standard InChI is InChI=1S/C20H26N2O5S/c1-14-11-17(20(27-3)18(12-14)28(4,24)25)22-13-19(23)21-10-9-15-5-7-16(26-2)8-6-15/h5-8,11-12,22H,9-10,13H2,1-4H3,(H,21,23). The van der Waals surface area contributed by atoms with Gasteiger partial charge >= 0.3 is 0 Å². The van der Waals surface area contributed by atoms with Gasteiger partial charge in [0.1, 0.15) is 10.6 Å². The van der Waals surface area contributed by atoms with Gasteiger partial charge in [-0.15, -0.1) is 0 Å². The number of anilines is 1. The number of nitrogens with one attached hydrogen (secondary N) is 2. The summed E-state index contributed by atoms with van der Waals surface area (Å²) in [5, 5.41) is 5.80. The molecule has 0 atom stereocenters. The second-order valence-electron chi connectivity index (χ2n) is 6.42. The molecule has 0 spiro atoms. The number of amides is 1. The van der Waals surface area contributed by atoms with Crippen LogP contribution in [0.3, 0.4) is 0 Å². The highest BCUT2D eigenvalue weighted by Gasteiger charge is 2.19. The highest BCUT2D eigenvalue weighted by Crippen LogP contribution is 2.33. The monoisotopic (exact) mass is 406 g/mol. The normalized spacial score (nSPS) is 11.0. The minimum Gasteiger partial charge on any atom is -0.497 e. The molecule has 7 nitrogen and oxygen atoms in total. The van der Waals surface area contributed by atoms with E-state index in [1.165, 1.54) is 7.11 Å². The molecule has 2 rings (SSSR count). The average molecular weight is 407 g/mol. The second kappa shape index (κ2) is 9.45. The van der Waals surface area contributed by atoms with Crippen molar-refractivity contribution in [1.82, 2.24) is 5.32 Å². The van der Waals surface area contributed by atoms with E-state index in [1.807, 2.05) is 24.3 Å². The molecule has 0 heterocycles. The summed E-state index contributed by atoms with van der Waals surface area (Å²) in [5.41, 5.74) is 2.31. The minimum absolute atomic E-state index is 0.00558. The van der Waals surface area contributed by atoms with Crippen LogP contribution in [0.25, 0.3) is 0 Å². The number of carbonyl (C=O) groups is 1. The lowest BCUT2D eigenvalue weighted by atomic mass is 10.1. The van der Waals surface area contributed by atoms with Crippen molar-refractivity contribution in [3.8, 4) is 11.5 Å². The van der Waals surface area contributed by atoms with Crippen LogP contribution in [-0.4, -0.2) is 47.9 Å². The van der Waals surface area contributed by atoms with E-state index in [-0.39, 0.29) is 23.1 Å². The Morgan fingerprint density at radius 2 is 1.75 bits per heavy atom. The fraction of sp³-hybridized carbons (Fsp3) is 0.350. The maximum absolute atomic E-state index is 12.1. The molecule has 152 valence electrons. The zero-order valence-corrected chi connectivity index (χ0v) is 17.4. The van der Waals surface area contributed by atoms with E-state index in [9.17, 15) is 13.2 Å². The zero-order chi connectivity index (χ0) is 20.7. The molecule has 28 heavy (non-hydrogen) atoms. The van der Waals surface area contributed by atoms with Gasteiger partial charge < -0.3 is 20.1 Å². The van der Waals surface area contributed by atoms with Crippen LogP contribution in [0, 0.1) is 6.92 Å². The Balaban J connectivity index is 1.94. The van der Waals surface area contributed by atoms with Gasteiger partial charge in [-0.1, -0.05) is 12.1 Å². The maximum atomic E-state index is 12.1. The van der Waals surface area contributed by atoms with E-state index in [1.54, 1.807) is 26.2 Å². The van der Waals surface area contributed by atoms with Gasteiger partial charge in [-0.05, 0) is 48.7 Å². The Morgan fingerprint density at radius 3 is 2.32 bits per heavy atom. The molecular formula is C20H26N2O5S. The molecule has 2 aromatic carbocycles. The average Bonchev–Trinajstić information content (AvgIpc) is 2.65. The minimum atomic E-state index is -3.45. The molecule has 0 aliphatic rings. The van der Waals surface area contributed by atoms with Crippen LogP contribution in [0.4, 0.5) is 5.69 Å². The van der Waals surface area contributed by atoms with Gasteiger partial charge in [-0.2, -0.15) is 0 Å². The predicted molar refractivity (Wildman–Crippen MR) is 109 cm³/mol. The number of rotatable bonds is 9. The van der Waals surface area contributed by atoms with Gasteiger partial charge in [0.15, 0.2) is 15.6 Å². The van der Waals surface area contributed by atoms with Crippen LogP contribution in [0.15, 0.2) is 41.3 Å². The molecule has 0 aromatic heterocycles. The first-order chi connectivity index (χ1) is 13.2. The van der Waals surface area contributed by atoms with Crippen molar-refractivity contribution in [2.45, 2.75) is 18.2 Å². The smallest absolute Gasteiger partial charge is 0.239 e. The van der Waals surface area contributed by atoms with E-state index in [0.29, 0.717) is 18.7 Å². The summed E-state index contributed by atoms with van der Waals surface area (Å²) in [5.74, 6) is 0.801. The summed E-state index contributed by atoms with van der Waals surface area (Å²) in [6.45, 7) is 2.28. The molecule has 0 radical (unpaired) electrons. The summed E-state index contributed by atoms with van der Waals surface area (Å²) < 4.78 is 34.3. The summed E-state index contributed by atoms with van der Waals surface area (Å²) in [6, 6.07) is 11.0. The van der Waals surface area contributed by atoms with Crippen LogP contribution in [0.1, 0.15) is 11.1 Å². The van der Waals surface area contributed by atoms with Crippen LogP contribution >= 0.6 is 0 Å². The molecular weight excluding hydrogens is 380 g/mol. The third-order valence-corrected chi connectivity index (χ3v) is 5.24. The Morgan fingerprint density at radius 1 is 1.07 bits per heavy atom. The molecule has 2 aromatic rings. The fourth-order valence-electron chi connectivity index (χ4n) is 2.73. The van der Waals surface area contributed by atoms with Gasteiger partial charge in [-0.25, -0.2) is 8.42 Å². The van der Waals surface area contributed by atoms with Crippen LogP contribution in [-0.2, 0) is 21.1 Å². The number of methoxy groups -OCH3 is 2. The Hall–Kier alpha value is -2.74. The van der Waals surface area contributed by atoms with E-state index in [0.717, 1.165) is 23.1 Å². The quantitative estimate of drug-likeness (QED) is 0.663. The van der Waals surface area contributed by atoms with Crippen LogP contribution in [0.2, 0.25) is 0 Å². The van der Waals surface area contributed by atoms with Crippen molar-refractivity contribution in [3.05, 3.63) is 47.5 Å². The highest BCUT2D eigenvalue weighted by molar-refractivity contribution is 7.90. The third-order valence-electron chi connectivity index (χ3n) is 4.14. The number of ether oxygens (including phenoxy) is 2. The Labute approximate surface area is 166 Å². The Kier molecular flexibility index (Phi) is 7.28. The van der Waals surface area contributed by atoms with Gasteiger partial charge in [0.2, 0.25) is 5.91 Å². The fourth-order valence-corrected chi connectivity index (χ4v) is 3.66. The van der Waals surface area contributed by atoms with Crippen molar-refractivity contribution in [2.75, 3.05) is 38.9 Å². The molecule has 0 aliphatic heterocycles. The molecule has 0 unspecified atom stereocenters. The number of hydrogen-bond acceptors (Lipinski definition) is 6. The van der Waals surface area contributed by atoms with Crippen molar-refractivity contribution < 1.29 is 22.7 Å². The molecule has 0 saturated carbocycles. The van der Waals surface area contributed by atoms with Crippen molar-refractivity contribution >= 4 is 21.4 Å². The first kappa shape index (κ1) is 21.6. The van der Waals surface area contributed by atoms with Gasteiger partial charge in [-0.3, -0.25) is 4.79 Å². The summed E-state index contributed by atoms with van der Waals surface area (Å²) in [6.07, 6.45) is 1.82. The summed E-state index contributed by atoms with van der Waals surface area (Å²) in [4.78, 5) is 12.2. The lowest BCUT2D eigenvalue weighted by Gasteiger charge is -2.15. The van der Waals surface area contributed by atoms with Crippen molar-refractivity contribution in [1.29, 1.82) is 0 Å². The molecule has 0 bridgehead atoms. The SMILES string of the molecule is COc1ccc(CCNC(=O)CNc2cc(C)cc(S(C)(=O)=O)c2OC)cc1. The van der Waals surface area contributed by atoms with Crippen LogP contribution < -0.4 is 20.1 Å². The topological polar surface area (TPSA) is 93.7 Å². The van der Waals surface area contributed by atoms with E-state index in [2.05, 4.69) is 10.6 Å². The molecule has 0 saturated heterocycles. The van der Waals surface area contributed by atoms with Crippen molar-refractivity contribution in [3.63, 3.8) is 0 Å². The van der Waals surface area contributed by atoms with Gasteiger partial charge in [0.05, 0.1) is 26.5 Å². The molecule has 0 aliphatic carbocycles. The first-order valence-corrected chi connectivity index (χ1v) is 10.7. The highest BCUT2D eigenvalue weighted by atomic mass is 32.2. The summed E-state index contributed by atoms with van der Waals surface area (Å²) >= 11 is 0. The first-order valence-electron chi connectivity index (χ1n) is 8.76. The zero-order valence-electron chi connectivity index (χ0n) is 16.5. The van der Waals surface area contributed by atoms with Crippen LogP contribution in [0.5, 0.6) is 11.5 Å². The second-order valence-corrected chi connectivity index (χ2v) is 8.40. The number of sulfone groups is 1. The van der Waals surface area contributed by atoms with Gasteiger partial charge in [0, 0.05) is 12.8 Å². The van der Waals surface area contributed by atoms with E-state index in [4.69, 9.17) is 9.47 Å². The Bertz CT molecular complexity index is 924. The lowest BCUT2D eigenvalue weighted by Crippen LogP contribution is -2.31. The summed E-state index contributed by atoms with van der Waals surface area (Å²) in [7, 11) is -0.436. The van der Waals surface area contributed by atoms with Gasteiger partial charge in [0.25, 0.3) is 0 Å². The maximum Gasteiger partial charge on any atom is 0.239 e. The third kappa shape index (κ3) is 5.88. The van der Waals surface area contributed by atoms with Crippen molar-refractivity contribution in [2.24, 2.45) is 0 Å². The van der Waals surface area contributed by atoms with E-state index < -0.39 is 9.84 Å². The molecule has 8 heteroatoms. The molecule has 1 amide bonds. The largest absolute Gasteiger partial charge is 0.497 e. The molecule has 2 N–H and O–H groups in total. The number of benzene rings is 2. The molecule has 0 fully saturated rings. The predicted octanol–water partition coefficient (Wildman–Crippen LogP) is 2.19. The number of aryl methyl sites for hydroxylation is 1. The van der Waals surface area contributed by atoms with E-state index >= 15 is 0 Å². The number of hydrogen-bond donors (Lipinski definition) is 2. The lowest BCUT2D eigenvalue weighted by molar-refractivity contribution is -0.119.